The summed E-state index contributed by atoms with van der Waals surface area (Å²) in [5, 5.41) is 15.7. The summed E-state index contributed by atoms with van der Waals surface area (Å²) in [6, 6.07) is 6.53. The van der Waals surface area contributed by atoms with Crippen molar-refractivity contribution >= 4 is 23.6 Å². The fourth-order valence-electron chi connectivity index (χ4n) is 1.82. The lowest BCUT2D eigenvalue weighted by molar-refractivity contribution is -0.111. The summed E-state index contributed by atoms with van der Waals surface area (Å²) < 4.78 is 1.64. The number of anilines is 1. The molecular weight excluding hydrogens is 270 g/mol. The van der Waals surface area contributed by atoms with Gasteiger partial charge < -0.3 is 10.4 Å². The third-order valence-corrected chi connectivity index (χ3v) is 3.00. The molecule has 0 fully saturated rings. The van der Waals surface area contributed by atoms with E-state index in [4.69, 9.17) is 5.11 Å². The highest BCUT2D eigenvalue weighted by Crippen LogP contribution is 2.15. The third kappa shape index (κ3) is 3.56. The van der Waals surface area contributed by atoms with E-state index in [1.807, 2.05) is 0 Å². The molecule has 0 saturated carbocycles. The van der Waals surface area contributed by atoms with Crippen LogP contribution in [0.3, 0.4) is 0 Å². The van der Waals surface area contributed by atoms with Gasteiger partial charge in [-0.1, -0.05) is 6.07 Å². The number of rotatable bonds is 4. The fraction of sp³-hybridized carbons (Fsp3) is 0.133. The number of amides is 1. The van der Waals surface area contributed by atoms with Crippen LogP contribution in [-0.4, -0.2) is 26.8 Å². The minimum Gasteiger partial charge on any atom is -0.478 e. The van der Waals surface area contributed by atoms with E-state index in [0.717, 1.165) is 5.69 Å². The number of carboxylic acids is 1. The van der Waals surface area contributed by atoms with E-state index >= 15 is 0 Å². The number of benzene rings is 1. The quantitative estimate of drug-likeness (QED) is 0.842. The summed E-state index contributed by atoms with van der Waals surface area (Å²) in [6.45, 7) is 1.71. The second-order valence-corrected chi connectivity index (χ2v) is 4.54. The molecule has 0 radical (unpaired) electrons. The lowest BCUT2D eigenvalue weighted by Gasteiger charge is -2.06. The average Bonchev–Trinajstić information content (AvgIpc) is 2.84. The first-order valence-corrected chi connectivity index (χ1v) is 6.28. The smallest absolute Gasteiger partial charge is 0.336 e. The predicted molar refractivity (Wildman–Crippen MR) is 79.0 cm³/mol. The van der Waals surface area contributed by atoms with Gasteiger partial charge in [0, 0.05) is 25.0 Å². The number of nitrogens with one attached hydrogen (secondary N) is 1. The number of aromatic carboxylic acids is 1. The Hall–Kier alpha value is -2.89. The molecule has 0 atom stereocenters. The number of nitrogens with zero attached hydrogens (tertiary/aromatic N) is 2. The third-order valence-electron chi connectivity index (χ3n) is 3.00. The summed E-state index contributed by atoms with van der Waals surface area (Å²) >= 11 is 0. The summed E-state index contributed by atoms with van der Waals surface area (Å²) in [6.07, 6.45) is 4.64. The molecular formula is C15H15N3O3. The highest BCUT2D eigenvalue weighted by molar-refractivity contribution is 6.02. The van der Waals surface area contributed by atoms with Crippen LogP contribution in [-0.2, 0) is 11.8 Å². The number of carboxylic acid groups (broad SMARTS) is 1. The van der Waals surface area contributed by atoms with E-state index in [1.165, 1.54) is 12.1 Å². The molecule has 2 N–H and O–H groups in total. The van der Waals surface area contributed by atoms with Gasteiger partial charge in [-0.2, -0.15) is 5.10 Å². The lowest BCUT2D eigenvalue weighted by atomic mass is 10.1. The van der Waals surface area contributed by atoms with Gasteiger partial charge in [-0.3, -0.25) is 9.48 Å². The van der Waals surface area contributed by atoms with Gasteiger partial charge in [0.05, 0.1) is 11.3 Å². The molecule has 1 amide bonds. The number of carbonyl (C=O) groups is 2. The second kappa shape index (κ2) is 6.04. The van der Waals surface area contributed by atoms with Crippen molar-refractivity contribution in [3.05, 3.63) is 53.4 Å². The minimum atomic E-state index is -1.02. The zero-order valence-corrected chi connectivity index (χ0v) is 11.7. The van der Waals surface area contributed by atoms with Crippen LogP contribution in [0.1, 0.15) is 21.6 Å². The Morgan fingerprint density at radius 1 is 1.33 bits per heavy atom. The molecule has 1 heterocycles. The first kappa shape index (κ1) is 14.5. The highest BCUT2D eigenvalue weighted by atomic mass is 16.4. The van der Waals surface area contributed by atoms with E-state index in [9.17, 15) is 9.59 Å². The van der Waals surface area contributed by atoms with Gasteiger partial charge in [-0.25, -0.2) is 4.79 Å². The van der Waals surface area contributed by atoms with Crippen LogP contribution >= 0.6 is 0 Å². The van der Waals surface area contributed by atoms with Crippen molar-refractivity contribution < 1.29 is 14.7 Å². The molecule has 0 bridgehead atoms. The maximum atomic E-state index is 11.8. The Bertz CT molecular complexity index is 717. The maximum absolute atomic E-state index is 11.8. The number of aryl methyl sites for hydroxylation is 2. The molecule has 21 heavy (non-hydrogen) atoms. The van der Waals surface area contributed by atoms with Gasteiger partial charge in [0.2, 0.25) is 5.91 Å². The molecule has 1 aromatic heterocycles. The van der Waals surface area contributed by atoms with E-state index in [2.05, 4.69) is 10.4 Å². The van der Waals surface area contributed by atoms with Gasteiger partial charge in [0.15, 0.2) is 0 Å². The summed E-state index contributed by atoms with van der Waals surface area (Å²) in [5.41, 5.74) is 2.05. The number of hydrogen-bond acceptors (Lipinski definition) is 3. The molecule has 1 aromatic carbocycles. The fourth-order valence-corrected chi connectivity index (χ4v) is 1.82. The average molecular weight is 285 g/mol. The topological polar surface area (TPSA) is 84.2 Å². The summed E-state index contributed by atoms with van der Waals surface area (Å²) in [4.78, 5) is 22.9. The van der Waals surface area contributed by atoms with Crippen LogP contribution in [0, 0.1) is 6.92 Å². The Kier molecular flexibility index (Phi) is 4.18. The van der Waals surface area contributed by atoms with Crippen molar-refractivity contribution in [2.24, 2.45) is 7.05 Å². The zero-order valence-electron chi connectivity index (χ0n) is 11.7. The maximum Gasteiger partial charge on any atom is 0.336 e. The Labute approximate surface area is 121 Å². The number of carbonyl (C=O) groups excluding carboxylic acids is 1. The van der Waals surface area contributed by atoms with Crippen molar-refractivity contribution in [2.75, 3.05) is 5.32 Å². The van der Waals surface area contributed by atoms with Gasteiger partial charge >= 0.3 is 5.97 Å². The summed E-state index contributed by atoms with van der Waals surface area (Å²) in [7, 11) is 1.77. The SMILES string of the molecule is Cc1ccc(NC(=O)C=Cc2ccnn2C)cc1C(=O)O. The molecule has 0 aliphatic carbocycles. The van der Waals surface area contributed by atoms with Crippen molar-refractivity contribution in [3.63, 3.8) is 0 Å². The predicted octanol–water partition coefficient (Wildman–Crippen LogP) is 2.08. The van der Waals surface area contributed by atoms with Crippen molar-refractivity contribution in [2.45, 2.75) is 6.92 Å². The molecule has 0 aliphatic heterocycles. The Morgan fingerprint density at radius 2 is 2.10 bits per heavy atom. The molecule has 6 nitrogen and oxygen atoms in total. The van der Waals surface area contributed by atoms with Crippen LogP contribution in [0.5, 0.6) is 0 Å². The van der Waals surface area contributed by atoms with E-state index in [0.29, 0.717) is 11.3 Å². The largest absolute Gasteiger partial charge is 0.478 e. The molecule has 108 valence electrons. The van der Waals surface area contributed by atoms with E-state index < -0.39 is 5.97 Å². The Morgan fingerprint density at radius 3 is 2.71 bits per heavy atom. The Balaban J connectivity index is 2.10. The van der Waals surface area contributed by atoms with Gasteiger partial charge in [0.25, 0.3) is 0 Å². The van der Waals surface area contributed by atoms with Crippen molar-refractivity contribution in [1.82, 2.24) is 9.78 Å². The number of aromatic nitrogens is 2. The first-order chi connectivity index (χ1) is 9.97. The lowest BCUT2D eigenvalue weighted by Crippen LogP contribution is -2.09. The van der Waals surface area contributed by atoms with Crippen LogP contribution < -0.4 is 5.32 Å². The van der Waals surface area contributed by atoms with Crippen LogP contribution in [0.2, 0.25) is 0 Å². The number of hydrogen-bond donors (Lipinski definition) is 2. The van der Waals surface area contributed by atoms with Crippen molar-refractivity contribution in [3.8, 4) is 0 Å². The van der Waals surface area contributed by atoms with Gasteiger partial charge in [-0.15, -0.1) is 0 Å². The monoisotopic (exact) mass is 285 g/mol. The van der Waals surface area contributed by atoms with E-state index in [1.54, 1.807) is 49.1 Å². The van der Waals surface area contributed by atoms with Crippen LogP contribution in [0.4, 0.5) is 5.69 Å². The first-order valence-electron chi connectivity index (χ1n) is 6.28. The molecule has 0 saturated heterocycles. The molecule has 2 aromatic rings. The standard InChI is InChI=1S/C15H15N3O3/c1-10-3-4-11(9-13(10)15(20)21)17-14(19)6-5-12-7-8-16-18(12)2/h3-9H,1-2H3,(H,17,19)(H,20,21). The highest BCUT2D eigenvalue weighted by Gasteiger charge is 2.08. The second-order valence-electron chi connectivity index (χ2n) is 4.54. The van der Waals surface area contributed by atoms with Gasteiger partial charge in [-0.05, 0) is 36.8 Å². The van der Waals surface area contributed by atoms with Crippen LogP contribution in [0.25, 0.3) is 6.08 Å². The van der Waals surface area contributed by atoms with Gasteiger partial charge in [0.1, 0.15) is 0 Å². The zero-order chi connectivity index (χ0) is 15.4. The molecule has 6 heteroatoms. The van der Waals surface area contributed by atoms with E-state index in [-0.39, 0.29) is 11.5 Å². The van der Waals surface area contributed by atoms with Crippen molar-refractivity contribution in [1.29, 1.82) is 0 Å². The summed E-state index contributed by atoms with van der Waals surface area (Å²) in [5.74, 6) is -1.36. The van der Waals surface area contributed by atoms with Crippen LogP contribution in [0.15, 0.2) is 36.5 Å². The molecule has 0 aliphatic rings. The molecule has 0 unspecified atom stereocenters. The normalized spacial score (nSPS) is 10.8. The molecule has 0 spiro atoms. The molecule has 2 rings (SSSR count). The minimum absolute atomic E-state index is 0.170.